The molecule has 0 aromatic heterocycles. The van der Waals surface area contributed by atoms with Crippen molar-refractivity contribution in [3.05, 3.63) is 72.0 Å². The summed E-state index contributed by atoms with van der Waals surface area (Å²) < 4.78 is 14.0. The minimum atomic E-state index is -0.325. The molecule has 1 atom stereocenters. The zero-order chi connectivity index (χ0) is 14.8. The van der Waals surface area contributed by atoms with Gasteiger partial charge in [0, 0.05) is 21.4 Å². The van der Waals surface area contributed by atoms with Crippen LogP contribution < -0.4 is 5.73 Å². The Hall–Kier alpha value is -1.84. The molecule has 106 valence electrons. The summed E-state index contributed by atoms with van der Waals surface area (Å²) in [5.41, 5.74) is 6.49. The van der Waals surface area contributed by atoms with Crippen molar-refractivity contribution in [2.75, 3.05) is 0 Å². The number of hydrogen-bond donors (Lipinski definition) is 1. The lowest BCUT2D eigenvalue weighted by Crippen LogP contribution is -2.08. The summed E-state index contributed by atoms with van der Waals surface area (Å²) in [6, 6.07) is 19.3. The maximum atomic E-state index is 14.0. The largest absolute Gasteiger partial charge is 0.324 e. The maximum Gasteiger partial charge on any atom is 0.129 e. The van der Waals surface area contributed by atoms with Gasteiger partial charge in [0.1, 0.15) is 5.82 Å². The van der Waals surface area contributed by atoms with E-state index in [0.29, 0.717) is 5.56 Å². The fourth-order valence-electron chi connectivity index (χ4n) is 2.41. The van der Waals surface area contributed by atoms with Crippen LogP contribution in [0.5, 0.6) is 0 Å². The Bertz CT molecular complexity index is 783. The molecule has 0 fully saturated rings. The first-order chi connectivity index (χ1) is 10.1. The van der Waals surface area contributed by atoms with Crippen LogP contribution >= 0.6 is 11.8 Å². The number of hydrogen-bond acceptors (Lipinski definition) is 2. The first-order valence-electron chi connectivity index (χ1n) is 6.86. The smallest absolute Gasteiger partial charge is 0.129 e. The van der Waals surface area contributed by atoms with Gasteiger partial charge in [-0.05, 0) is 42.0 Å². The van der Waals surface area contributed by atoms with Gasteiger partial charge >= 0.3 is 0 Å². The lowest BCUT2D eigenvalue weighted by Gasteiger charge is -2.13. The van der Waals surface area contributed by atoms with Crippen LogP contribution in [-0.2, 0) is 0 Å². The molecule has 3 heteroatoms. The van der Waals surface area contributed by atoms with E-state index < -0.39 is 0 Å². The molecule has 3 rings (SSSR count). The van der Waals surface area contributed by atoms with Crippen LogP contribution in [0, 0.1) is 5.82 Å². The first-order valence-corrected chi connectivity index (χ1v) is 7.67. The van der Waals surface area contributed by atoms with Gasteiger partial charge in [0.05, 0.1) is 0 Å². The van der Waals surface area contributed by atoms with Crippen LogP contribution in [0.2, 0.25) is 0 Å². The predicted octanol–water partition coefficient (Wildman–Crippen LogP) is 5.15. The van der Waals surface area contributed by atoms with Crippen LogP contribution in [0.4, 0.5) is 4.39 Å². The number of rotatable bonds is 3. The summed E-state index contributed by atoms with van der Waals surface area (Å²) in [7, 11) is 0. The highest BCUT2D eigenvalue weighted by Crippen LogP contribution is 2.35. The quantitative estimate of drug-likeness (QED) is 0.723. The number of nitrogens with two attached hydrogens (primary N) is 1. The molecule has 0 amide bonds. The number of halogens is 1. The van der Waals surface area contributed by atoms with Crippen molar-refractivity contribution in [2.45, 2.75) is 22.8 Å². The average molecular weight is 297 g/mol. The molecule has 0 bridgehead atoms. The zero-order valence-corrected chi connectivity index (χ0v) is 12.5. The second-order valence-corrected chi connectivity index (χ2v) is 6.17. The molecule has 3 aromatic rings. The van der Waals surface area contributed by atoms with Gasteiger partial charge in [-0.25, -0.2) is 4.39 Å². The second-order valence-electron chi connectivity index (χ2n) is 5.05. The molecule has 0 aliphatic carbocycles. The molecule has 0 unspecified atom stereocenters. The molecule has 0 aliphatic heterocycles. The highest BCUT2D eigenvalue weighted by Gasteiger charge is 2.13. The highest BCUT2D eigenvalue weighted by molar-refractivity contribution is 7.99. The Morgan fingerprint density at radius 2 is 1.71 bits per heavy atom. The van der Waals surface area contributed by atoms with Crippen LogP contribution in [0.25, 0.3) is 10.8 Å². The Morgan fingerprint density at radius 3 is 2.48 bits per heavy atom. The van der Waals surface area contributed by atoms with Crippen molar-refractivity contribution >= 4 is 22.5 Å². The van der Waals surface area contributed by atoms with Gasteiger partial charge in [-0.1, -0.05) is 48.2 Å². The van der Waals surface area contributed by atoms with E-state index in [2.05, 4.69) is 30.3 Å². The first kappa shape index (κ1) is 14.1. The van der Waals surface area contributed by atoms with Crippen molar-refractivity contribution in [1.82, 2.24) is 0 Å². The highest BCUT2D eigenvalue weighted by atomic mass is 32.2. The predicted molar refractivity (Wildman–Crippen MR) is 87.1 cm³/mol. The Morgan fingerprint density at radius 1 is 0.952 bits per heavy atom. The van der Waals surface area contributed by atoms with E-state index in [1.165, 1.54) is 16.8 Å². The topological polar surface area (TPSA) is 26.0 Å². The lowest BCUT2D eigenvalue weighted by molar-refractivity contribution is 0.585. The second kappa shape index (κ2) is 5.88. The monoisotopic (exact) mass is 297 g/mol. The third kappa shape index (κ3) is 2.94. The van der Waals surface area contributed by atoms with E-state index in [0.717, 1.165) is 9.79 Å². The summed E-state index contributed by atoms with van der Waals surface area (Å²) in [6.45, 7) is 1.81. The molecular formula is C18H16FNS. The zero-order valence-electron chi connectivity index (χ0n) is 11.7. The standard InChI is InChI=1S/C18H16FNS/c1-12(20)18-16(19)7-4-8-17(18)21-15-10-9-13-5-2-3-6-14(13)11-15/h2-12H,20H2,1H3/t12-/m1/s1. The van der Waals surface area contributed by atoms with E-state index in [-0.39, 0.29) is 11.9 Å². The average Bonchev–Trinajstić information content (AvgIpc) is 2.47. The third-order valence-electron chi connectivity index (χ3n) is 3.42. The van der Waals surface area contributed by atoms with Crippen LogP contribution in [0.1, 0.15) is 18.5 Å². The lowest BCUT2D eigenvalue weighted by atomic mass is 10.1. The van der Waals surface area contributed by atoms with E-state index in [4.69, 9.17) is 5.73 Å². The molecule has 0 aliphatic rings. The van der Waals surface area contributed by atoms with Crippen LogP contribution in [-0.4, -0.2) is 0 Å². The van der Waals surface area contributed by atoms with Crippen molar-refractivity contribution in [2.24, 2.45) is 5.73 Å². The van der Waals surface area contributed by atoms with Gasteiger partial charge in [0.25, 0.3) is 0 Å². The molecule has 21 heavy (non-hydrogen) atoms. The van der Waals surface area contributed by atoms with Crippen molar-refractivity contribution in [3.63, 3.8) is 0 Å². The van der Waals surface area contributed by atoms with Gasteiger partial charge < -0.3 is 5.73 Å². The van der Waals surface area contributed by atoms with Crippen molar-refractivity contribution < 1.29 is 4.39 Å². The molecule has 0 radical (unpaired) electrons. The molecule has 1 nitrogen and oxygen atoms in total. The van der Waals surface area contributed by atoms with Gasteiger partial charge in [0.15, 0.2) is 0 Å². The molecule has 0 saturated heterocycles. The third-order valence-corrected chi connectivity index (χ3v) is 4.48. The van der Waals surface area contributed by atoms with Crippen molar-refractivity contribution in [3.8, 4) is 0 Å². The minimum absolute atomic E-state index is 0.240. The summed E-state index contributed by atoms with van der Waals surface area (Å²) >= 11 is 1.55. The maximum absolute atomic E-state index is 14.0. The van der Waals surface area contributed by atoms with Gasteiger partial charge in [-0.15, -0.1) is 0 Å². The molecule has 3 aromatic carbocycles. The Balaban J connectivity index is 2.00. The van der Waals surface area contributed by atoms with Crippen LogP contribution in [0.3, 0.4) is 0 Å². The summed E-state index contributed by atoms with van der Waals surface area (Å²) in [5, 5.41) is 2.38. The van der Waals surface area contributed by atoms with E-state index >= 15 is 0 Å². The van der Waals surface area contributed by atoms with E-state index in [1.807, 2.05) is 25.1 Å². The van der Waals surface area contributed by atoms with E-state index in [1.54, 1.807) is 17.8 Å². The van der Waals surface area contributed by atoms with Crippen LogP contribution in [0.15, 0.2) is 70.5 Å². The number of benzene rings is 3. The Kier molecular flexibility index (Phi) is 3.95. The van der Waals surface area contributed by atoms with Gasteiger partial charge in [-0.3, -0.25) is 0 Å². The summed E-state index contributed by atoms with van der Waals surface area (Å²) in [6.07, 6.45) is 0. The summed E-state index contributed by atoms with van der Waals surface area (Å²) in [5.74, 6) is -0.240. The fraction of sp³-hybridized carbons (Fsp3) is 0.111. The molecular weight excluding hydrogens is 281 g/mol. The minimum Gasteiger partial charge on any atom is -0.324 e. The number of fused-ring (bicyclic) bond motifs is 1. The van der Waals surface area contributed by atoms with E-state index in [9.17, 15) is 4.39 Å². The molecule has 2 N–H and O–H groups in total. The Labute approximate surface area is 128 Å². The molecule has 0 spiro atoms. The fourth-order valence-corrected chi connectivity index (χ4v) is 3.52. The SMILES string of the molecule is C[C@@H](N)c1c(F)cccc1Sc1ccc2ccccc2c1. The van der Waals surface area contributed by atoms with Gasteiger partial charge in [0.2, 0.25) is 0 Å². The normalized spacial score (nSPS) is 12.5. The summed E-state index contributed by atoms with van der Waals surface area (Å²) in [4.78, 5) is 1.96. The molecule has 0 saturated carbocycles. The van der Waals surface area contributed by atoms with Crippen molar-refractivity contribution in [1.29, 1.82) is 0 Å². The van der Waals surface area contributed by atoms with Gasteiger partial charge in [-0.2, -0.15) is 0 Å². The molecule has 0 heterocycles.